The molecule has 5 heteroatoms. The highest BCUT2D eigenvalue weighted by Crippen LogP contribution is 2.32. The molecule has 0 saturated carbocycles. The van der Waals surface area contributed by atoms with E-state index >= 15 is 0 Å². The van der Waals surface area contributed by atoms with Crippen molar-refractivity contribution in [2.75, 3.05) is 6.54 Å². The Balaban J connectivity index is 4.25. The van der Waals surface area contributed by atoms with Crippen molar-refractivity contribution in [3.05, 3.63) is 0 Å². The first kappa shape index (κ1) is 19.7. The molecule has 1 unspecified atom stereocenters. The molecule has 0 heterocycles. The van der Waals surface area contributed by atoms with Gasteiger partial charge in [0.15, 0.2) is 0 Å². The summed E-state index contributed by atoms with van der Waals surface area (Å²) in [6.07, 6.45) is 2.47. The van der Waals surface area contributed by atoms with E-state index in [1.807, 2.05) is 20.8 Å². The Kier molecular flexibility index (Phi) is 7.75. The second kappa shape index (κ2) is 8.25. The fourth-order valence-electron chi connectivity index (χ4n) is 2.11. The molecule has 0 fully saturated rings. The Morgan fingerprint density at radius 2 is 1.67 bits per heavy atom. The van der Waals surface area contributed by atoms with Crippen molar-refractivity contribution >= 4 is 12.0 Å². The number of nitrogens with one attached hydrogen (secondary N) is 2. The van der Waals surface area contributed by atoms with Crippen molar-refractivity contribution in [2.24, 2.45) is 11.3 Å². The lowest BCUT2D eigenvalue weighted by atomic mass is 9.76. The van der Waals surface area contributed by atoms with Gasteiger partial charge in [0, 0.05) is 18.5 Å². The predicted octanol–water partition coefficient (Wildman–Crippen LogP) is 3.39. The fourth-order valence-corrected chi connectivity index (χ4v) is 2.11. The second-order valence-corrected chi connectivity index (χ2v) is 7.40. The summed E-state index contributed by atoms with van der Waals surface area (Å²) in [5, 5.41) is 14.6. The van der Waals surface area contributed by atoms with Crippen LogP contribution >= 0.6 is 0 Å². The summed E-state index contributed by atoms with van der Waals surface area (Å²) in [4.78, 5) is 22.5. The van der Waals surface area contributed by atoms with Crippen molar-refractivity contribution in [1.82, 2.24) is 10.6 Å². The normalized spacial score (nSPS) is 13.6. The van der Waals surface area contributed by atoms with Crippen LogP contribution < -0.4 is 10.6 Å². The van der Waals surface area contributed by atoms with Gasteiger partial charge in [0.2, 0.25) is 0 Å². The predicted molar refractivity (Wildman–Crippen MR) is 85.3 cm³/mol. The molecule has 0 aliphatic rings. The van der Waals surface area contributed by atoms with Crippen LogP contribution in [0.2, 0.25) is 0 Å². The topological polar surface area (TPSA) is 78.4 Å². The summed E-state index contributed by atoms with van der Waals surface area (Å²) in [6, 6.07) is -0.159. The summed E-state index contributed by atoms with van der Waals surface area (Å²) in [5.74, 6) is -0.493. The summed E-state index contributed by atoms with van der Waals surface area (Å²) >= 11 is 0. The monoisotopic (exact) mass is 300 g/mol. The van der Waals surface area contributed by atoms with Gasteiger partial charge in [-0.15, -0.1) is 0 Å². The number of carbonyl (C=O) groups excluding carboxylic acids is 1. The van der Waals surface area contributed by atoms with Gasteiger partial charge in [0.05, 0.1) is 0 Å². The average molecular weight is 300 g/mol. The largest absolute Gasteiger partial charge is 0.481 e. The van der Waals surface area contributed by atoms with Crippen molar-refractivity contribution in [1.29, 1.82) is 0 Å². The quantitative estimate of drug-likeness (QED) is 0.643. The van der Waals surface area contributed by atoms with Gasteiger partial charge in [-0.25, -0.2) is 4.79 Å². The average Bonchev–Trinajstić information content (AvgIpc) is 2.31. The number of carboxylic acids is 1. The zero-order valence-corrected chi connectivity index (χ0v) is 14.4. The number of urea groups is 1. The number of rotatable bonds is 8. The second-order valence-electron chi connectivity index (χ2n) is 7.40. The maximum atomic E-state index is 11.8. The number of amides is 2. The van der Waals surface area contributed by atoms with Gasteiger partial charge in [-0.1, -0.05) is 27.7 Å². The number of hydrogen-bond acceptors (Lipinski definition) is 2. The summed E-state index contributed by atoms with van der Waals surface area (Å²) in [5.41, 5.74) is -0.173. The third-order valence-corrected chi connectivity index (χ3v) is 4.05. The SMILES string of the molecule is CCC(C)(C)NC(=O)NCCC(CCC(=O)O)C(C)(C)C. The minimum atomic E-state index is -0.764. The molecule has 1 atom stereocenters. The van der Waals surface area contributed by atoms with E-state index < -0.39 is 5.97 Å². The van der Waals surface area contributed by atoms with E-state index in [2.05, 4.69) is 31.4 Å². The summed E-state index contributed by atoms with van der Waals surface area (Å²) in [6.45, 7) is 12.9. The molecular weight excluding hydrogens is 268 g/mol. The van der Waals surface area contributed by atoms with Crippen molar-refractivity contribution in [3.63, 3.8) is 0 Å². The van der Waals surface area contributed by atoms with Gasteiger partial charge < -0.3 is 15.7 Å². The Morgan fingerprint density at radius 1 is 1.10 bits per heavy atom. The fraction of sp³-hybridized carbons (Fsp3) is 0.875. The molecule has 0 aliphatic carbocycles. The molecule has 21 heavy (non-hydrogen) atoms. The third kappa shape index (κ3) is 9.32. The number of carbonyl (C=O) groups is 2. The molecule has 0 aromatic heterocycles. The minimum Gasteiger partial charge on any atom is -0.481 e. The minimum absolute atomic E-state index is 0.0380. The molecule has 0 radical (unpaired) electrons. The van der Waals surface area contributed by atoms with Gasteiger partial charge in [-0.2, -0.15) is 0 Å². The van der Waals surface area contributed by atoms with Crippen LogP contribution in [0, 0.1) is 11.3 Å². The summed E-state index contributed by atoms with van der Waals surface area (Å²) in [7, 11) is 0. The molecular formula is C16H32N2O3. The molecule has 124 valence electrons. The molecule has 0 spiro atoms. The molecule has 3 N–H and O–H groups in total. The number of aliphatic carboxylic acids is 1. The third-order valence-electron chi connectivity index (χ3n) is 4.05. The maximum absolute atomic E-state index is 11.8. The van der Waals surface area contributed by atoms with Gasteiger partial charge in [-0.05, 0) is 44.4 Å². The van der Waals surface area contributed by atoms with E-state index in [1.165, 1.54) is 0 Å². The first-order valence-corrected chi connectivity index (χ1v) is 7.75. The van der Waals surface area contributed by atoms with E-state index in [1.54, 1.807) is 0 Å². The lowest BCUT2D eigenvalue weighted by molar-refractivity contribution is -0.137. The van der Waals surface area contributed by atoms with Gasteiger partial charge >= 0.3 is 12.0 Å². The Morgan fingerprint density at radius 3 is 2.10 bits per heavy atom. The summed E-state index contributed by atoms with van der Waals surface area (Å²) < 4.78 is 0. The van der Waals surface area contributed by atoms with Crippen molar-refractivity contribution < 1.29 is 14.7 Å². The first-order valence-electron chi connectivity index (χ1n) is 7.75. The Labute approximate surface area is 128 Å². The van der Waals surface area contributed by atoms with Crippen LogP contribution in [0.25, 0.3) is 0 Å². The van der Waals surface area contributed by atoms with Crippen molar-refractivity contribution in [3.8, 4) is 0 Å². The molecule has 2 amide bonds. The molecule has 0 saturated heterocycles. The van der Waals surface area contributed by atoms with E-state index in [4.69, 9.17) is 5.11 Å². The zero-order chi connectivity index (χ0) is 16.7. The Bertz CT molecular complexity index is 346. The zero-order valence-electron chi connectivity index (χ0n) is 14.4. The lowest BCUT2D eigenvalue weighted by Crippen LogP contribution is -2.48. The molecule has 0 aliphatic heterocycles. The first-order chi connectivity index (χ1) is 9.48. The van der Waals surface area contributed by atoms with Crippen LogP contribution in [0.3, 0.4) is 0 Å². The van der Waals surface area contributed by atoms with E-state index in [0.717, 1.165) is 12.8 Å². The number of carboxylic acid groups (broad SMARTS) is 1. The maximum Gasteiger partial charge on any atom is 0.315 e. The van der Waals surface area contributed by atoms with Gasteiger partial charge in [0.25, 0.3) is 0 Å². The highest BCUT2D eigenvalue weighted by atomic mass is 16.4. The van der Waals surface area contributed by atoms with E-state index in [9.17, 15) is 9.59 Å². The highest BCUT2D eigenvalue weighted by Gasteiger charge is 2.25. The standard InChI is InChI=1S/C16H32N2O3/c1-7-16(5,6)18-14(21)17-11-10-12(15(2,3)4)8-9-13(19)20/h12H,7-11H2,1-6H3,(H,19,20)(H2,17,18,21). The smallest absolute Gasteiger partial charge is 0.315 e. The van der Waals surface area contributed by atoms with Crippen LogP contribution in [0.4, 0.5) is 4.79 Å². The molecule has 0 rings (SSSR count). The van der Waals surface area contributed by atoms with Crippen LogP contribution in [0.1, 0.15) is 67.2 Å². The van der Waals surface area contributed by atoms with Crippen LogP contribution in [0.5, 0.6) is 0 Å². The van der Waals surface area contributed by atoms with Gasteiger partial charge in [0.1, 0.15) is 0 Å². The van der Waals surface area contributed by atoms with Crippen molar-refractivity contribution in [2.45, 2.75) is 72.8 Å². The number of hydrogen-bond donors (Lipinski definition) is 3. The lowest BCUT2D eigenvalue weighted by Gasteiger charge is -2.31. The van der Waals surface area contributed by atoms with Gasteiger partial charge in [-0.3, -0.25) is 4.79 Å². The van der Waals surface area contributed by atoms with Crippen LogP contribution in [-0.4, -0.2) is 29.2 Å². The molecule has 0 aromatic rings. The molecule has 0 aromatic carbocycles. The Hall–Kier alpha value is -1.26. The molecule has 5 nitrogen and oxygen atoms in total. The molecule has 0 bridgehead atoms. The van der Waals surface area contributed by atoms with Crippen LogP contribution in [0.15, 0.2) is 0 Å². The highest BCUT2D eigenvalue weighted by molar-refractivity contribution is 5.74. The van der Waals surface area contributed by atoms with E-state index in [-0.39, 0.29) is 29.3 Å². The van der Waals surface area contributed by atoms with E-state index in [0.29, 0.717) is 13.0 Å². The van der Waals surface area contributed by atoms with Crippen LogP contribution in [-0.2, 0) is 4.79 Å².